The molecule has 2 amide bonds. The van der Waals surface area contributed by atoms with E-state index in [9.17, 15) is 18.0 Å². The van der Waals surface area contributed by atoms with Gasteiger partial charge < -0.3 is 10.1 Å². The van der Waals surface area contributed by atoms with Crippen molar-refractivity contribution < 1.29 is 22.7 Å². The van der Waals surface area contributed by atoms with E-state index < -0.39 is 17.7 Å². The third kappa shape index (κ3) is 4.67. The highest BCUT2D eigenvalue weighted by molar-refractivity contribution is 9.10. The van der Waals surface area contributed by atoms with Gasteiger partial charge in [0, 0.05) is 16.5 Å². The number of hydrogen-bond acceptors (Lipinski definition) is 2. The van der Waals surface area contributed by atoms with Crippen LogP contribution in [0.1, 0.15) is 31.4 Å². The van der Waals surface area contributed by atoms with Crippen LogP contribution < -0.4 is 15.0 Å². The number of carbonyl (C=O) groups is 1. The van der Waals surface area contributed by atoms with E-state index in [4.69, 9.17) is 4.74 Å². The standard InChI is InChI=1S/C23H22BrF3N2O2/c1-15(2)5-4-12-22(23(25,26)27)19-11-8-17(24)13-20(19)29(21(30)28-22)14-16-6-9-18(31-3)10-7-16/h6-11,13,15H,5,14H2,1-3H3,(H,28,30). The largest absolute Gasteiger partial charge is 0.497 e. The number of alkyl halides is 3. The minimum Gasteiger partial charge on any atom is -0.497 e. The first-order valence-electron chi connectivity index (χ1n) is 9.67. The molecule has 0 fully saturated rings. The molecule has 1 aliphatic heterocycles. The first-order chi connectivity index (χ1) is 14.6. The molecule has 3 rings (SSSR count). The van der Waals surface area contributed by atoms with E-state index in [1.807, 2.05) is 13.8 Å². The second-order valence-corrected chi connectivity index (χ2v) is 8.59. The van der Waals surface area contributed by atoms with Crippen LogP contribution in [-0.2, 0) is 12.1 Å². The van der Waals surface area contributed by atoms with E-state index >= 15 is 0 Å². The Morgan fingerprint density at radius 2 is 1.87 bits per heavy atom. The van der Waals surface area contributed by atoms with Gasteiger partial charge in [-0.05, 0) is 35.7 Å². The van der Waals surface area contributed by atoms with Gasteiger partial charge in [-0.25, -0.2) is 4.79 Å². The second kappa shape index (κ2) is 8.83. The van der Waals surface area contributed by atoms with Gasteiger partial charge in [-0.2, -0.15) is 13.2 Å². The first-order valence-corrected chi connectivity index (χ1v) is 10.5. The van der Waals surface area contributed by atoms with Gasteiger partial charge in [0.05, 0.1) is 19.3 Å². The molecular formula is C23H22BrF3N2O2. The summed E-state index contributed by atoms with van der Waals surface area (Å²) in [6, 6.07) is 10.5. The molecule has 1 N–H and O–H groups in total. The van der Waals surface area contributed by atoms with Crippen LogP contribution in [0.5, 0.6) is 5.75 Å². The minimum atomic E-state index is -4.80. The fraction of sp³-hybridized carbons (Fsp3) is 0.348. The Morgan fingerprint density at radius 1 is 1.19 bits per heavy atom. The number of nitrogens with one attached hydrogen (secondary N) is 1. The maximum atomic E-state index is 14.3. The summed E-state index contributed by atoms with van der Waals surface area (Å²) in [7, 11) is 1.54. The fourth-order valence-corrected chi connectivity index (χ4v) is 3.65. The number of hydrogen-bond donors (Lipinski definition) is 1. The molecule has 1 unspecified atom stereocenters. The zero-order valence-corrected chi connectivity index (χ0v) is 18.9. The fourth-order valence-electron chi connectivity index (χ4n) is 3.30. The zero-order valence-electron chi connectivity index (χ0n) is 17.3. The van der Waals surface area contributed by atoms with Gasteiger partial charge >= 0.3 is 12.2 Å². The van der Waals surface area contributed by atoms with Crippen LogP contribution in [-0.4, -0.2) is 19.3 Å². The molecule has 0 radical (unpaired) electrons. The van der Waals surface area contributed by atoms with Crippen LogP contribution in [0, 0.1) is 17.8 Å². The number of anilines is 1. The van der Waals surface area contributed by atoms with Crippen LogP contribution in [0.4, 0.5) is 23.7 Å². The van der Waals surface area contributed by atoms with Crippen molar-refractivity contribution >= 4 is 27.6 Å². The summed E-state index contributed by atoms with van der Waals surface area (Å²) in [4.78, 5) is 14.2. The van der Waals surface area contributed by atoms with Crippen molar-refractivity contribution in [1.29, 1.82) is 0 Å². The molecule has 0 spiro atoms. The lowest BCUT2D eigenvalue weighted by Gasteiger charge is -2.42. The van der Waals surface area contributed by atoms with Gasteiger partial charge in [0.15, 0.2) is 0 Å². The SMILES string of the molecule is COc1ccc(CN2C(=O)NC(C#CCC(C)C)(C(F)(F)F)c3ccc(Br)cc32)cc1. The molecule has 1 atom stereocenters. The van der Waals surface area contributed by atoms with Crippen LogP contribution in [0.2, 0.25) is 0 Å². The lowest BCUT2D eigenvalue weighted by Crippen LogP contribution is -2.62. The third-order valence-electron chi connectivity index (χ3n) is 4.91. The average molecular weight is 495 g/mol. The summed E-state index contributed by atoms with van der Waals surface area (Å²) in [5.74, 6) is 5.72. The molecule has 2 aromatic rings. The van der Waals surface area contributed by atoms with Crippen molar-refractivity contribution in [3.63, 3.8) is 0 Å². The molecule has 31 heavy (non-hydrogen) atoms. The number of carbonyl (C=O) groups excluding carboxylic acids is 1. The van der Waals surface area contributed by atoms with E-state index in [0.717, 1.165) is 5.56 Å². The van der Waals surface area contributed by atoms with Crippen molar-refractivity contribution in [3.05, 3.63) is 58.1 Å². The number of methoxy groups -OCH3 is 1. The molecule has 4 nitrogen and oxygen atoms in total. The molecule has 0 aliphatic carbocycles. The third-order valence-corrected chi connectivity index (χ3v) is 5.40. The highest BCUT2D eigenvalue weighted by atomic mass is 79.9. The summed E-state index contributed by atoms with van der Waals surface area (Å²) in [5.41, 5.74) is -1.98. The monoisotopic (exact) mass is 494 g/mol. The number of fused-ring (bicyclic) bond motifs is 1. The smallest absolute Gasteiger partial charge is 0.427 e. The highest BCUT2D eigenvalue weighted by Crippen LogP contribution is 2.46. The topological polar surface area (TPSA) is 41.6 Å². The molecule has 8 heteroatoms. The van der Waals surface area contributed by atoms with Gasteiger partial charge in [0.2, 0.25) is 5.54 Å². The van der Waals surface area contributed by atoms with Gasteiger partial charge in [-0.1, -0.05) is 59.8 Å². The predicted octanol–water partition coefficient (Wildman–Crippen LogP) is 5.99. The summed E-state index contributed by atoms with van der Waals surface area (Å²) in [5, 5.41) is 2.16. The summed E-state index contributed by atoms with van der Waals surface area (Å²) in [6.45, 7) is 3.83. The van der Waals surface area contributed by atoms with E-state index in [0.29, 0.717) is 10.2 Å². The van der Waals surface area contributed by atoms with Crippen LogP contribution in [0.25, 0.3) is 0 Å². The van der Waals surface area contributed by atoms with Crippen LogP contribution >= 0.6 is 15.9 Å². The zero-order chi connectivity index (χ0) is 22.8. The molecule has 0 saturated heterocycles. The Labute approximate surface area is 187 Å². The Hall–Kier alpha value is -2.66. The Kier molecular flexibility index (Phi) is 6.56. The number of rotatable bonds is 4. The molecule has 1 aliphatic rings. The second-order valence-electron chi connectivity index (χ2n) is 7.67. The number of halogens is 4. The molecule has 1 heterocycles. The Bertz CT molecular complexity index is 1030. The molecule has 164 valence electrons. The van der Waals surface area contributed by atoms with Gasteiger partial charge in [-0.3, -0.25) is 4.90 Å². The quantitative estimate of drug-likeness (QED) is 0.530. The van der Waals surface area contributed by atoms with Crippen molar-refractivity contribution in [2.45, 2.75) is 38.5 Å². The lowest BCUT2D eigenvalue weighted by molar-refractivity contribution is -0.179. The Morgan fingerprint density at radius 3 is 2.45 bits per heavy atom. The van der Waals surface area contributed by atoms with Gasteiger partial charge in [0.1, 0.15) is 5.75 Å². The van der Waals surface area contributed by atoms with E-state index in [1.165, 1.54) is 30.2 Å². The normalized spacial score (nSPS) is 18.2. The summed E-state index contributed by atoms with van der Waals surface area (Å²) < 4.78 is 48.7. The summed E-state index contributed by atoms with van der Waals surface area (Å²) in [6.07, 6.45) is -4.52. The molecule has 0 bridgehead atoms. The van der Waals surface area contributed by atoms with E-state index in [1.54, 1.807) is 24.3 Å². The molecular weight excluding hydrogens is 473 g/mol. The van der Waals surface area contributed by atoms with Crippen LogP contribution in [0.15, 0.2) is 46.9 Å². The van der Waals surface area contributed by atoms with Crippen molar-refractivity contribution in [2.75, 3.05) is 12.0 Å². The van der Waals surface area contributed by atoms with Crippen molar-refractivity contribution in [1.82, 2.24) is 5.32 Å². The Balaban J connectivity index is 2.11. The average Bonchev–Trinajstić information content (AvgIpc) is 2.70. The molecule has 0 aromatic heterocycles. The lowest BCUT2D eigenvalue weighted by atomic mass is 9.85. The van der Waals surface area contributed by atoms with Crippen LogP contribution in [0.3, 0.4) is 0 Å². The number of amides is 2. The van der Waals surface area contributed by atoms with Crippen molar-refractivity contribution in [2.24, 2.45) is 5.92 Å². The minimum absolute atomic E-state index is 0.0899. The number of urea groups is 1. The highest BCUT2D eigenvalue weighted by Gasteiger charge is 2.60. The van der Waals surface area contributed by atoms with Crippen molar-refractivity contribution in [3.8, 4) is 17.6 Å². The predicted molar refractivity (Wildman–Crippen MR) is 117 cm³/mol. The first kappa shape index (κ1) is 23.0. The molecule has 0 saturated carbocycles. The summed E-state index contributed by atoms with van der Waals surface area (Å²) >= 11 is 3.31. The van der Waals surface area contributed by atoms with E-state index in [-0.39, 0.29) is 30.1 Å². The maximum Gasteiger partial charge on any atom is 0.427 e. The number of benzene rings is 2. The van der Waals surface area contributed by atoms with Gasteiger partial charge in [0.25, 0.3) is 0 Å². The number of nitrogens with zero attached hydrogens (tertiary/aromatic N) is 1. The number of ether oxygens (including phenoxy) is 1. The molecule has 2 aromatic carbocycles. The van der Waals surface area contributed by atoms with Gasteiger partial charge in [-0.15, -0.1) is 0 Å². The van der Waals surface area contributed by atoms with E-state index in [2.05, 4.69) is 33.1 Å². The maximum absolute atomic E-state index is 14.3.